The van der Waals surface area contributed by atoms with Gasteiger partial charge in [0.05, 0.1) is 27.3 Å². The number of carbonyl (C=O) groups is 1. The van der Waals surface area contributed by atoms with E-state index in [1.807, 2.05) is 0 Å². The zero-order valence-corrected chi connectivity index (χ0v) is 15.5. The molecule has 0 radical (unpaired) electrons. The Labute approximate surface area is 155 Å². The van der Waals surface area contributed by atoms with Gasteiger partial charge in [0.15, 0.2) is 0 Å². The number of hydrogen-bond donors (Lipinski definition) is 1. The number of para-hydroxylation sites is 1. The van der Waals surface area contributed by atoms with Crippen LogP contribution < -0.4 is 5.32 Å². The molecule has 0 bridgehead atoms. The Hall–Kier alpha value is -1.31. The fraction of sp³-hybridized carbons (Fsp3) is 0.133. The highest BCUT2D eigenvalue weighted by molar-refractivity contribution is 7.89. The van der Waals surface area contributed by atoms with E-state index in [0.29, 0.717) is 10.7 Å². The minimum atomic E-state index is -4.02. The van der Waals surface area contributed by atoms with Gasteiger partial charge in [0.25, 0.3) is 0 Å². The van der Waals surface area contributed by atoms with Crippen LogP contribution >= 0.6 is 34.8 Å². The highest BCUT2D eigenvalue weighted by Crippen LogP contribution is 2.31. The summed E-state index contributed by atoms with van der Waals surface area (Å²) < 4.78 is 26.0. The first-order valence-corrected chi connectivity index (χ1v) is 9.25. The molecule has 0 aliphatic heterocycles. The van der Waals surface area contributed by atoms with E-state index in [0.717, 1.165) is 4.31 Å². The van der Waals surface area contributed by atoms with Crippen LogP contribution in [0.3, 0.4) is 0 Å². The van der Waals surface area contributed by atoms with E-state index in [-0.39, 0.29) is 14.9 Å². The predicted octanol–water partition coefficient (Wildman–Crippen LogP) is 3.91. The molecule has 1 N–H and O–H groups in total. The van der Waals surface area contributed by atoms with Crippen molar-refractivity contribution in [3.8, 4) is 0 Å². The molecule has 0 saturated carbocycles. The van der Waals surface area contributed by atoms with Crippen molar-refractivity contribution in [2.24, 2.45) is 0 Å². The second-order valence-corrected chi connectivity index (χ2v) is 8.04. The van der Waals surface area contributed by atoms with Crippen molar-refractivity contribution in [2.45, 2.75) is 4.90 Å². The molecule has 0 atom stereocenters. The van der Waals surface area contributed by atoms with Crippen LogP contribution in [0.4, 0.5) is 5.69 Å². The minimum Gasteiger partial charge on any atom is -0.324 e. The van der Waals surface area contributed by atoms with Crippen molar-refractivity contribution in [3.05, 3.63) is 57.5 Å². The minimum absolute atomic E-state index is 0.0131. The van der Waals surface area contributed by atoms with E-state index in [1.165, 1.54) is 25.2 Å². The Morgan fingerprint density at radius 3 is 2.12 bits per heavy atom. The molecule has 0 aliphatic rings. The standard InChI is InChI=1S/C15H13Cl3N2O3S/c1-20(9-14(21)19-13-8-3-2-5-10(13)16)24(22,23)15-11(17)6-4-7-12(15)18/h2-8H,9H2,1H3,(H,19,21). The number of benzene rings is 2. The smallest absolute Gasteiger partial charge is 0.246 e. The lowest BCUT2D eigenvalue weighted by molar-refractivity contribution is -0.116. The molecule has 0 heterocycles. The van der Waals surface area contributed by atoms with Gasteiger partial charge in [-0.15, -0.1) is 0 Å². The number of amides is 1. The molecular weight excluding hydrogens is 395 g/mol. The first-order chi connectivity index (χ1) is 11.2. The third kappa shape index (κ3) is 4.20. The Bertz CT molecular complexity index is 852. The summed E-state index contributed by atoms with van der Waals surface area (Å²) in [5.74, 6) is -0.544. The fourth-order valence-corrected chi connectivity index (χ4v) is 4.32. The third-order valence-corrected chi connectivity index (χ3v) is 6.19. The van der Waals surface area contributed by atoms with Crippen LogP contribution in [0, 0.1) is 0 Å². The molecule has 0 aliphatic carbocycles. The second kappa shape index (κ2) is 7.72. The van der Waals surface area contributed by atoms with Crippen LogP contribution in [0.15, 0.2) is 47.4 Å². The number of rotatable bonds is 5. The van der Waals surface area contributed by atoms with Gasteiger partial charge >= 0.3 is 0 Å². The lowest BCUT2D eigenvalue weighted by atomic mass is 10.3. The summed E-state index contributed by atoms with van der Waals surface area (Å²) >= 11 is 17.8. The lowest BCUT2D eigenvalue weighted by Crippen LogP contribution is -2.35. The number of halogens is 3. The molecule has 24 heavy (non-hydrogen) atoms. The number of anilines is 1. The quantitative estimate of drug-likeness (QED) is 0.817. The first kappa shape index (κ1) is 19.0. The number of nitrogens with one attached hydrogen (secondary N) is 1. The van der Waals surface area contributed by atoms with Gasteiger partial charge in [0.2, 0.25) is 15.9 Å². The van der Waals surface area contributed by atoms with Gasteiger partial charge in [0, 0.05) is 7.05 Å². The Morgan fingerprint density at radius 2 is 1.54 bits per heavy atom. The van der Waals surface area contributed by atoms with Gasteiger partial charge < -0.3 is 5.32 Å². The van der Waals surface area contributed by atoms with E-state index in [9.17, 15) is 13.2 Å². The molecule has 2 aromatic rings. The highest BCUT2D eigenvalue weighted by atomic mass is 35.5. The third-order valence-electron chi connectivity index (χ3n) is 3.10. The van der Waals surface area contributed by atoms with Crippen LogP contribution in [0.5, 0.6) is 0 Å². The summed E-state index contributed by atoms with van der Waals surface area (Å²) in [4.78, 5) is 11.8. The zero-order chi connectivity index (χ0) is 17.9. The van der Waals surface area contributed by atoms with E-state index in [1.54, 1.807) is 24.3 Å². The van der Waals surface area contributed by atoms with Crippen molar-refractivity contribution in [1.82, 2.24) is 4.31 Å². The summed E-state index contributed by atoms with van der Waals surface area (Å²) in [6, 6.07) is 11.0. The van der Waals surface area contributed by atoms with E-state index in [4.69, 9.17) is 34.8 Å². The summed E-state index contributed by atoms with van der Waals surface area (Å²) in [5.41, 5.74) is 0.394. The van der Waals surface area contributed by atoms with Crippen LogP contribution in [-0.2, 0) is 14.8 Å². The SMILES string of the molecule is CN(CC(=O)Nc1ccccc1Cl)S(=O)(=O)c1c(Cl)cccc1Cl. The van der Waals surface area contributed by atoms with E-state index < -0.39 is 22.5 Å². The molecule has 2 aromatic carbocycles. The topological polar surface area (TPSA) is 66.5 Å². The Morgan fingerprint density at radius 1 is 1.00 bits per heavy atom. The van der Waals surface area contributed by atoms with Crippen LogP contribution in [0.1, 0.15) is 0 Å². The zero-order valence-electron chi connectivity index (χ0n) is 12.5. The number of nitrogens with zero attached hydrogens (tertiary/aromatic N) is 1. The molecule has 128 valence electrons. The van der Waals surface area contributed by atoms with Gasteiger partial charge in [-0.1, -0.05) is 53.0 Å². The molecule has 2 rings (SSSR count). The molecule has 0 saturated heterocycles. The van der Waals surface area contributed by atoms with Crippen LogP contribution in [0.25, 0.3) is 0 Å². The van der Waals surface area contributed by atoms with Gasteiger partial charge in [-0.05, 0) is 24.3 Å². The molecule has 0 aromatic heterocycles. The molecule has 5 nitrogen and oxygen atoms in total. The number of carbonyl (C=O) groups excluding carboxylic acids is 1. The lowest BCUT2D eigenvalue weighted by Gasteiger charge is -2.18. The summed E-state index contributed by atoms with van der Waals surface area (Å²) in [6.07, 6.45) is 0. The van der Waals surface area contributed by atoms with E-state index >= 15 is 0 Å². The number of hydrogen-bond acceptors (Lipinski definition) is 3. The second-order valence-electron chi connectivity index (χ2n) is 4.84. The summed E-state index contributed by atoms with van der Waals surface area (Å²) in [5, 5.41) is 2.88. The number of sulfonamides is 1. The summed E-state index contributed by atoms with van der Waals surface area (Å²) in [7, 11) is -2.76. The maximum absolute atomic E-state index is 12.6. The van der Waals surface area contributed by atoms with Crippen LogP contribution in [0.2, 0.25) is 15.1 Å². The maximum atomic E-state index is 12.6. The monoisotopic (exact) mass is 406 g/mol. The fourth-order valence-electron chi connectivity index (χ4n) is 1.92. The van der Waals surface area contributed by atoms with Gasteiger partial charge in [-0.25, -0.2) is 8.42 Å². The highest BCUT2D eigenvalue weighted by Gasteiger charge is 2.27. The summed E-state index contributed by atoms with van der Waals surface area (Å²) in [6.45, 7) is -0.422. The van der Waals surface area contributed by atoms with Gasteiger partial charge in [-0.3, -0.25) is 4.79 Å². The molecule has 0 unspecified atom stereocenters. The molecule has 0 spiro atoms. The molecule has 1 amide bonds. The van der Waals surface area contributed by atoms with Crippen molar-refractivity contribution in [3.63, 3.8) is 0 Å². The largest absolute Gasteiger partial charge is 0.324 e. The maximum Gasteiger partial charge on any atom is 0.246 e. The van der Waals surface area contributed by atoms with Crippen molar-refractivity contribution in [1.29, 1.82) is 0 Å². The Kier molecular flexibility index (Phi) is 6.11. The average Bonchev–Trinajstić information content (AvgIpc) is 2.49. The Balaban J connectivity index is 2.18. The van der Waals surface area contributed by atoms with Gasteiger partial charge in [0.1, 0.15) is 4.90 Å². The molecule has 0 fully saturated rings. The average molecular weight is 408 g/mol. The predicted molar refractivity (Wildman–Crippen MR) is 96.4 cm³/mol. The molecule has 9 heteroatoms. The van der Waals surface area contributed by atoms with Crippen molar-refractivity contribution < 1.29 is 13.2 Å². The van der Waals surface area contributed by atoms with E-state index in [2.05, 4.69) is 5.32 Å². The van der Waals surface area contributed by atoms with Gasteiger partial charge in [-0.2, -0.15) is 4.31 Å². The van der Waals surface area contributed by atoms with Crippen molar-refractivity contribution >= 4 is 56.4 Å². The number of likely N-dealkylation sites (N-methyl/N-ethyl adjacent to an activating group) is 1. The molecular formula is C15H13Cl3N2O3S. The first-order valence-electron chi connectivity index (χ1n) is 6.68. The normalized spacial score (nSPS) is 11.5. The van der Waals surface area contributed by atoms with Crippen LogP contribution in [-0.4, -0.2) is 32.2 Å². The van der Waals surface area contributed by atoms with Crippen molar-refractivity contribution in [2.75, 3.05) is 18.9 Å².